The maximum atomic E-state index is 13.8. The number of halogens is 1. The van der Waals surface area contributed by atoms with Crippen LogP contribution in [0.2, 0.25) is 0 Å². The SMILES string of the molecule is CC(C)CC(C)(NC(=O)c1cnc2c(F)cccc2c1)C(=O)c1ccccc1. The van der Waals surface area contributed by atoms with Crippen LogP contribution in [0, 0.1) is 11.7 Å². The quantitative estimate of drug-likeness (QED) is 0.627. The van der Waals surface area contributed by atoms with Crippen molar-refractivity contribution in [2.75, 3.05) is 0 Å². The summed E-state index contributed by atoms with van der Waals surface area (Å²) in [6.07, 6.45) is 1.83. The third-order valence-electron chi connectivity index (χ3n) is 4.67. The van der Waals surface area contributed by atoms with Gasteiger partial charge in [0.2, 0.25) is 0 Å². The second-order valence-electron chi connectivity index (χ2n) is 7.61. The number of hydrogen-bond donors (Lipinski definition) is 1. The number of para-hydroxylation sites is 1. The highest BCUT2D eigenvalue weighted by atomic mass is 19.1. The van der Waals surface area contributed by atoms with E-state index in [0.717, 1.165) is 0 Å². The molecule has 28 heavy (non-hydrogen) atoms. The van der Waals surface area contributed by atoms with Gasteiger partial charge >= 0.3 is 0 Å². The Labute approximate surface area is 163 Å². The molecule has 0 radical (unpaired) electrons. The molecule has 0 aliphatic rings. The minimum absolute atomic E-state index is 0.144. The fourth-order valence-corrected chi connectivity index (χ4v) is 3.50. The number of ketones is 1. The third-order valence-corrected chi connectivity index (χ3v) is 4.67. The van der Waals surface area contributed by atoms with Crippen LogP contribution in [-0.2, 0) is 0 Å². The van der Waals surface area contributed by atoms with Gasteiger partial charge in [0.15, 0.2) is 5.78 Å². The number of aromatic nitrogens is 1. The first-order valence-electron chi connectivity index (χ1n) is 9.27. The van der Waals surface area contributed by atoms with Gasteiger partial charge in [0, 0.05) is 17.1 Å². The van der Waals surface area contributed by atoms with Gasteiger partial charge in [0.1, 0.15) is 16.9 Å². The van der Waals surface area contributed by atoms with Crippen LogP contribution >= 0.6 is 0 Å². The molecule has 3 aromatic rings. The van der Waals surface area contributed by atoms with Gasteiger partial charge in [-0.25, -0.2) is 4.39 Å². The van der Waals surface area contributed by atoms with E-state index in [0.29, 0.717) is 17.4 Å². The van der Waals surface area contributed by atoms with Crippen molar-refractivity contribution in [3.8, 4) is 0 Å². The summed E-state index contributed by atoms with van der Waals surface area (Å²) in [6.45, 7) is 5.75. The third kappa shape index (κ3) is 4.09. The number of carbonyl (C=O) groups is 2. The zero-order valence-electron chi connectivity index (χ0n) is 16.2. The zero-order chi connectivity index (χ0) is 20.3. The van der Waals surface area contributed by atoms with Crippen molar-refractivity contribution in [2.45, 2.75) is 32.7 Å². The Morgan fingerprint density at radius 3 is 2.46 bits per heavy atom. The van der Waals surface area contributed by atoms with E-state index in [1.165, 1.54) is 12.3 Å². The van der Waals surface area contributed by atoms with Crippen molar-refractivity contribution in [3.63, 3.8) is 0 Å². The number of Topliss-reactive ketones (excluding diaryl/α,β-unsaturated/α-hetero) is 1. The van der Waals surface area contributed by atoms with E-state index >= 15 is 0 Å². The second kappa shape index (κ2) is 7.89. The first-order valence-corrected chi connectivity index (χ1v) is 9.27. The van der Waals surface area contributed by atoms with Gasteiger partial charge in [-0.1, -0.05) is 56.3 Å². The average molecular weight is 378 g/mol. The van der Waals surface area contributed by atoms with Gasteiger partial charge in [-0.05, 0) is 31.4 Å². The fourth-order valence-electron chi connectivity index (χ4n) is 3.50. The van der Waals surface area contributed by atoms with Crippen molar-refractivity contribution in [3.05, 3.63) is 77.7 Å². The molecule has 1 aromatic heterocycles. The summed E-state index contributed by atoms with van der Waals surface area (Å²) < 4.78 is 13.8. The van der Waals surface area contributed by atoms with Crippen LogP contribution in [0.25, 0.3) is 10.9 Å². The second-order valence-corrected chi connectivity index (χ2v) is 7.61. The Hall–Kier alpha value is -3.08. The molecule has 0 aliphatic carbocycles. The highest BCUT2D eigenvalue weighted by molar-refractivity contribution is 6.07. The topological polar surface area (TPSA) is 59.1 Å². The molecule has 3 rings (SSSR count). The van der Waals surface area contributed by atoms with Crippen molar-refractivity contribution >= 4 is 22.6 Å². The molecule has 1 amide bonds. The molecule has 1 heterocycles. The number of carbonyl (C=O) groups excluding carboxylic acids is 2. The minimum atomic E-state index is -1.07. The maximum Gasteiger partial charge on any atom is 0.253 e. The summed E-state index contributed by atoms with van der Waals surface area (Å²) in [5.41, 5.74) is -0.0216. The number of nitrogens with one attached hydrogen (secondary N) is 1. The molecule has 1 unspecified atom stereocenters. The first-order chi connectivity index (χ1) is 13.3. The molecule has 0 bridgehead atoms. The molecule has 4 nitrogen and oxygen atoms in total. The van der Waals surface area contributed by atoms with Gasteiger partial charge in [-0.3, -0.25) is 14.6 Å². The minimum Gasteiger partial charge on any atom is -0.339 e. The van der Waals surface area contributed by atoms with Crippen LogP contribution in [-0.4, -0.2) is 22.2 Å². The number of rotatable bonds is 6. The van der Waals surface area contributed by atoms with E-state index < -0.39 is 17.3 Å². The molecular weight excluding hydrogens is 355 g/mol. The van der Waals surface area contributed by atoms with E-state index in [9.17, 15) is 14.0 Å². The van der Waals surface area contributed by atoms with Gasteiger partial charge in [0.25, 0.3) is 5.91 Å². The molecule has 144 valence electrons. The number of pyridine rings is 1. The number of nitrogens with zero attached hydrogens (tertiary/aromatic N) is 1. The van der Waals surface area contributed by atoms with Crippen LogP contribution in [0.3, 0.4) is 0 Å². The molecule has 5 heteroatoms. The molecule has 0 spiro atoms. The Kier molecular flexibility index (Phi) is 5.54. The van der Waals surface area contributed by atoms with Gasteiger partial charge < -0.3 is 5.32 Å². The maximum absolute atomic E-state index is 13.8. The predicted molar refractivity (Wildman–Crippen MR) is 108 cm³/mol. The highest BCUT2D eigenvalue weighted by Gasteiger charge is 2.36. The summed E-state index contributed by atoms with van der Waals surface area (Å²) in [5, 5.41) is 3.43. The van der Waals surface area contributed by atoms with E-state index in [2.05, 4.69) is 10.3 Å². The first kappa shape index (κ1) is 19.7. The normalized spacial score (nSPS) is 13.3. The van der Waals surface area contributed by atoms with Crippen LogP contribution < -0.4 is 5.32 Å². The van der Waals surface area contributed by atoms with Gasteiger partial charge in [0.05, 0.1) is 5.56 Å². The molecule has 0 saturated carbocycles. The molecular formula is C23H23FN2O2. The Balaban J connectivity index is 1.92. The van der Waals surface area contributed by atoms with Gasteiger partial charge in [-0.2, -0.15) is 0 Å². The van der Waals surface area contributed by atoms with Crippen LogP contribution in [0.15, 0.2) is 60.8 Å². The predicted octanol–water partition coefficient (Wildman–Crippen LogP) is 4.79. The summed E-state index contributed by atoms with van der Waals surface area (Å²) in [4.78, 5) is 30.1. The summed E-state index contributed by atoms with van der Waals surface area (Å²) in [5.74, 6) is -0.795. The average Bonchev–Trinajstić information content (AvgIpc) is 2.67. The lowest BCUT2D eigenvalue weighted by Crippen LogP contribution is -2.53. The fraction of sp³-hybridized carbons (Fsp3) is 0.261. The van der Waals surface area contributed by atoms with Crippen LogP contribution in [0.4, 0.5) is 4.39 Å². The highest BCUT2D eigenvalue weighted by Crippen LogP contribution is 2.23. The standard InChI is InChI=1S/C23H23FN2O2/c1-15(2)13-23(3,21(27)16-8-5-4-6-9-16)26-22(28)18-12-17-10-7-11-19(24)20(17)25-14-18/h4-12,14-15H,13H2,1-3H3,(H,26,28). The Bertz CT molecular complexity index is 1020. The van der Waals surface area contributed by atoms with Crippen molar-refractivity contribution in [1.29, 1.82) is 0 Å². The Morgan fingerprint density at radius 2 is 1.79 bits per heavy atom. The molecule has 0 fully saturated rings. The number of fused-ring (bicyclic) bond motifs is 1. The van der Waals surface area contributed by atoms with Crippen molar-refractivity contribution in [2.24, 2.45) is 5.92 Å². The summed E-state index contributed by atoms with van der Waals surface area (Å²) >= 11 is 0. The summed E-state index contributed by atoms with van der Waals surface area (Å²) in [6, 6.07) is 15.1. The molecule has 2 aromatic carbocycles. The van der Waals surface area contributed by atoms with Gasteiger partial charge in [-0.15, -0.1) is 0 Å². The molecule has 1 atom stereocenters. The van der Waals surface area contributed by atoms with Crippen molar-refractivity contribution in [1.82, 2.24) is 10.3 Å². The zero-order valence-corrected chi connectivity index (χ0v) is 16.2. The lowest BCUT2D eigenvalue weighted by atomic mass is 9.83. The molecule has 0 aliphatic heterocycles. The van der Waals surface area contributed by atoms with Crippen LogP contribution in [0.5, 0.6) is 0 Å². The van der Waals surface area contributed by atoms with E-state index in [4.69, 9.17) is 0 Å². The van der Waals surface area contributed by atoms with Crippen molar-refractivity contribution < 1.29 is 14.0 Å². The van der Waals surface area contributed by atoms with E-state index in [-0.39, 0.29) is 22.8 Å². The lowest BCUT2D eigenvalue weighted by Gasteiger charge is -2.31. The lowest BCUT2D eigenvalue weighted by molar-refractivity contribution is 0.0759. The number of hydrogen-bond acceptors (Lipinski definition) is 3. The monoisotopic (exact) mass is 378 g/mol. The number of amides is 1. The molecule has 0 saturated heterocycles. The smallest absolute Gasteiger partial charge is 0.253 e. The molecule has 1 N–H and O–H groups in total. The Morgan fingerprint density at radius 1 is 1.07 bits per heavy atom. The summed E-state index contributed by atoms with van der Waals surface area (Å²) in [7, 11) is 0. The largest absolute Gasteiger partial charge is 0.339 e. The number of benzene rings is 2. The van der Waals surface area contributed by atoms with Crippen LogP contribution in [0.1, 0.15) is 47.9 Å². The van der Waals surface area contributed by atoms with E-state index in [1.807, 2.05) is 19.9 Å². The van der Waals surface area contributed by atoms with E-state index in [1.54, 1.807) is 49.4 Å².